The Hall–Kier alpha value is -2.41. The van der Waals surface area contributed by atoms with Gasteiger partial charge in [-0.15, -0.1) is 0 Å². The molecular weight excluding hydrogens is 313 g/mol. The molecule has 0 bridgehead atoms. The highest BCUT2D eigenvalue weighted by Crippen LogP contribution is 2.27. The smallest absolute Gasteiger partial charge is 0.260 e. The molecule has 1 fully saturated rings. The molecule has 0 aliphatic carbocycles. The lowest BCUT2D eigenvalue weighted by Gasteiger charge is -2.18. The number of hydrogen-bond donors (Lipinski definition) is 2. The number of carbonyl (C=O) groups is 1. The number of aliphatic hydroxyl groups is 1. The number of carbonyl (C=O) groups excluding carboxylic acids is 1. The average Bonchev–Trinajstić information content (AvgIpc) is 3.13. The Bertz CT molecular complexity index is 746. The Kier molecular flexibility index (Phi) is 4.53. The first-order valence-electron chi connectivity index (χ1n) is 7.80. The molecule has 2 heterocycles. The van der Waals surface area contributed by atoms with Crippen molar-refractivity contribution in [2.45, 2.75) is 19.4 Å². The third kappa shape index (κ3) is 3.12. The van der Waals surface area contributed by atoms with Crippen LogP contribution >= 0.6 is 0 Å². The van der Waals surface area contributed by atoms with Crippen molar-refractivity contribution in [3.8, 4) is 5.75 Å². The molecule has 1 aliphatic rings. The number of aromatic amines is 1. The normalized spacial score (nSPS) is 20.4. The molecule has 3 rings (SSSR count). The quantitative estimate of drug-likeness (QED) is 0.890. The van der Waals surface area contributed by atoms with Crippen molar-refractivity contribution < 1.29 is 19.0 Å². The van der Waals surface area contributed by atoms with Crippen LogP contribution < -0.4 is 4.74 Å². The van der Waals surface area contributed by atoms with Gasteiger partial charge in [-0.1, -0.05) is 6.07 Å². The van der Waals surface area contributed by atoms with Crippen molar-refractivity contribution in [1.82, 2.24) is 15.1 Å². The fourth-order valence-electron chi connectivity index (χ4n) is 3.11. The summed E-state index contributed by atoms with van der Waals surface area (Å²) in [6.45, 7) is 2.43. The van der Waals surface area contributed by atoms with Crippen LogP contribution in [0.2, 0.25) is 0 Å². The number of hydrogen-bond acceptors (Lipinski definition) is 4. The fourth-order valence-corrected chi connectivity index (χ4v) is 3.11. The number of benzene rings is 1. The van der Waals surface area contributed by atoms with E-state index in [0.717, 1.165) is 11.4 Å². The number of rotatable bonds is 4. The zero-order chi connectivity index (χ0) is 17.3. The van der Waals surface area contributed by atoms with Gasteiger partial charge in [0.05, 0.1) is 18.9 Å². The van der Waals surface area contributed by atoms with E-state index in [2.05, 4.69) is 10.2 Å². The second kappa shape index (κ2) is 6.60. The number of β-amino-alcohol motifs (C(OH)–C–C–N with tert-alkyl or cyclic N) is 1. The molecule has 128 valence electrons. The molecule has 0 unspecified atom stereocenters. The van der Waals surface area contributed by atoms with E-state index < -0.39 is 17.8 Å². The van der Waals surface area contributed by atoms with Gasteiger partial charge in [-0.2, -0.15) is 5.10 Å². The van der Waals surface area contributed by atoms with E-state index in [1.54, 1.807) is 6.07 Å². The molecular formula is C17H20FN3O3. The third-order valence-electron chi connectivity index (χ3n) is 4.33. The van der Waals surface area contributed by atoms with E-state index in [0.29, 0.717) is 13.0 Å². The largest absolute Gasteiger partial charge is 0.496 e. The number of nitrogens with zero attached hydrogens (tertiary/aromatic N) is 2. The minimum absolute atomic E-state index is 0.0940. The van der Waals surface area contributed by atoms with Crippen LogP contribution in [0.5, 0.6) is 5.75 Å². The summed E-state index contributed by atoms with van der Waals surface area (Å²) in [6.07, 6.45) is -0.104. The van der Waals surface area contributed by atoms with Crippen LogP contribution in [-0.2, 0) is 6.42 Å². The van der Waals surface area contributed by atoms with Gasteiger partial charge in [-0.25, -0.2) is 4.39 Å². The van der Waals surface area contributed by atoms with Gasteiger partial charge in [0.15, 0.2) is 0 Å². The van der Waals surface area contributed by atoms with Crippen LogP contribution in [0.15, 0.2) is 24.3 Å². The summed E-state index contributed by atoms with van der Waals surface area (Å²) in [7, 11) is 1.40. The summed E-state index contributed by atoms with van der Waals surface area (Å²) in [6, 6.07) is 6.18. The lowest BCUT2D eigenvalue weighted by atomic mass is 10.00. The number of aromatic nitrogens is 2. The Balaban J connectivity index is 1.76. The molecule has 0 radical (unpaired) electrons. The molecule has 0 saturated carbocycles. The summed E-state index contributed by atoms with van der Waals surface area (Å²) in [5.74, 6) is -1.03. The number of H-pyrrole nitrogens is 1. The Morgan fingerprint density at radius 1 is 1.50 bits per heavy atom. The first kappa shape index (κ1) is 16.4. The molecule has 2 atom stereocenters. The summed E-state index contributed by atoms with van der Waals surface area (Å²) in [4.78, 5) is 14.1. The molecule has 2 aromatic rings. The molecule has 1 saturated heterocycles. The summed E-state index contributed by atoms with van der Waals surface area (Å²) >= 11 is 0. The third-order valence-corrected chi connectivity index (χ3v) is 4.33. The van der Waals surface area contributed by atoms with E-state index in [4.69, 9.17) is 4.74 Å². The Labute approximate surface area is 139 Å². The van der Waals surface area contributed by atoms with Crippen LogP contribution in [0.1, 0.15) is 21.7 Å². The monoisotopic (exact) mass is 333 g/mol. The predicted molar refractivity (Wildman–Crippen MR) is 85.4 cm³/mol. The molecule has 7 heteroatoms. The molecule has 1 aliphatic heterocycles. The van der Waals surface area contributed by atoms with E-state index in [1.165, 1.54) is 24.1 Å². The Morgan fingerprint density at radius 3 is 2.96 bits per heavy atom. The SMILES string of the molecule is COc1cccc(F)c1C(=O)N1C[C@@H](Cc2cc(C)[nH]n2)[C@H](O)C1. The number of halogens is 1. The number of likely N-dealkylation sites (tertiary alicyclic amines) is 1. The van der Waals surface area contributed by atoms with Gasteiger partial charge in [0.25, 0.3) is 5.91 Å². The van der Waals surface area contributed by atoms with Crippen molar-refractivity contribution in [2.24, 2.45) is 5.92 Å². The predicted octanol–water partition coefficient (Wildman–Crippen LogP) is 1.54. The van der Waals surface area contributed by atoms with Crippen LogP contribution in [0.25, 0.3) is 0 Å². The Morgan fingerprint density at radius 2 is 2.29 bits per heavy atom. The van der Waals surface area contributed by atoms with Crippen LogP contribution in [0.3, 0.4) is 0 Å². The maximum absolute atomic E-state index is 14.1. The van der Waals surface area contributed by atoms with Gasteiger partial charge < -0.3 is 14.7 Å². The molecule has 1 aromatic heterocycles. The van der Waals surface area contributed by atoms with Gasteiger partial charge >= 0.3 is 0 Å². The first-order valence-corrected chi connectivity index (χ1v) is 7.80. The lowest BCUT2D eigenvalue weighted by Crippen LogP contribution is -2.30. The topological polar surface area (TPSA) is 78.5 Å². The molecule has 1 amide bonds. The number of methoxy groups -OCH3 is 1. The molecule has 6 nitrogen and oxygen atoms in total. The average molecular weight is 333 g/mol. The molecule has 2 N–H and O–H groups in total. The number of aliphatic hydroxyl groups excluding tert-OH is 1. The van der Waals surface area contributed by atoms with Crippen molar-refractivity contribution in [3.63, 3.8) is 0 Å². The van der Waals surface area contributed by atoms with Crippen molar-refractivity contribution in [2.75, 3.05) is 20.2 Å². The summed E-state index contributed by atoms with van der Waals surface area (Å²) < 4.78 is 19.2. The zero-order valence-corrected chi connectivity index (χ0v) is 13.6. The van der Waals surface area contributed by atoms with E-state index in [9.17, 15) is 14.3 Å². The van der Waals surface area contributed by atoms with Gasteiger partial charge in [0, 0.05) is 24.7 Å². The van der Waals surface area contributed by atoms with Crippen LogP contribution in [0, 0.1) is 18.7 Å². The highest BCUT2D eigenvalue weighted by molar-refractivity contribution is 5.97. The number of nitrogens with one attached hydrogen (secondary N) is 1. The van der Waals surface area contributed by atoms with Crippen molar-refractivity contribution in [1.29, 1.82) is 0 Å². The maximum Gasteiger partial charge on any atom is 0.260 e. The van der Waals surface area contributed by atoms with Gasteiger partial charge in [-0.3, -0.25) is 9.89 Å². The first-order chi connectivity index (χ1) is 11.5. The highest BCUT2D eigenvalue weighted by atomic mass is 19.1. The summed E-state index contributed by atoms with van der Waals surface area (Å²) in [5.41, 5.74) is 1.69. The lowest BCUT2D eigenvalue weighted by molar-refractivity contribution is 0.0756. The van der Waals surface area contributed by atoms with Gasteiger partial charge in [0.1, 0.15) is 17.1 Å². The zero-order valence-electron chi connectivity index (χ0n) is 13.6. The molecule has 0 spiro atoms. The van der Waals surface area contributed by atoms with Gasteiger partial charge in [0.2, 0.25) is 0 Å². The number of aryl methyl sites for hydroxylation is 1. The van der Waals surface area contributed by atoms with Crippen molar-refractivity contribution >= 4 is 5.91 Å². The van der Waals surface area contributed by atoms with E-state index in [-0.39, 0.29) is 23.8 Å². The molecule has 1 aromatic carbocycles. The van der Waals surface area contributed by atoms with Crippen molar-refractivity contribution in [3.05, 3.63) is 47.0 Å². The minimum Gasteiger partial charge on any atom is -0.496 e. The fraction of sp³-hybridized carbons (Fsp3) is 0.412. The summed E-state index contributed by atoms with van der Waals surface area (Å²) in [5, 5.41) is 17.3. The standard InChI is InChI=1S/C17H20FN3O3/c1-10-6-12(20-19-10)7-11-8-21(9-14(11)22)17(23)16-13(18)4-3-5-15(16)24-2/h3-6,11,14,22H,7-9H2,1-2H3,(H,19,20)/t11-,14-/m1/s1. The number of amides is 1. The molecule has 24 heavy (non-hydrogen) atoms. The second-order valence-corrected chi connectivity index (χ2v) is 6.10. The number of ether oxygens (including phenoxy) is 1. The second-order valence-electron chi connectivity index (χ2n) is 6.10. The maximum atomic E-state index is 14.1. The minimum atomic E-state index is -0.663. The van der Waals surface area contributed by atoms with Crippen LogP contribution in [-0.4, -0.2) is 52.4 Å². The van der Waals surface area contributed by atoms with E-state index in [1.807, 2.05) is 13.0 Å². The highest BCUT2D eigenvalue weighted by Gasteiger charge is 2.36. The van der Waals surface area contributed by atoms with Crippen LogP contribution in [0.4, 0.5) is 4.39 Å². The van der Waals surface area contributed by atoms with E-state index >= 15 is 0 Å². The van der Waals surface area contributed by atoms with Gasteiger partial charge in [-0.05, 0) is 31.5 Å².